The maximum atomic E-state index is 12.7. The highest BCUT2D eigenvalue weighted by Gasteiger charge is 2.43. The van der Waals surface area contributed by atoms with Crippen LogP contribution < -0.4 is 5.32 Å². The number of methoxy groups -OCH3 is 1. The molecule has 8 nitrogen and oxygen atoms in total. The first-order chi connectivity index (χ1) is 12.9. The number of amides is 2. The van der Waals surface area contributed by atoms with Gasteiger partial charge in [-0.2, -0.15) is 0 Å². The maximum absolute atomic E-state index is 12.7. The average Bonchev–Trinajstić information content (AvgIpc) is 2.66. The van der Waals surface area contributed by atoms with Gasteiger partial charge in [0.05, 0.1) is 13.7 Å². The van der Waals surface area contributed by atoms with Gasteiger partial charge in [0.15, 0.2) is 0 Å². The van der Waals surface area contributed by atoms with Gasteiger partial charge >= 0.3 is 18.2 Å². The first-order valence-electron chi connectivity index (χ1n) is 9.85. The third-order valence-corrected chi connectivity index (χ3v) is 5.14. The van der Waals surface area contributed by atoms with E-state index in [2.05, 4.69) is 5.32 Å². The third kappa shape index (κ3) is 6.01. The molecule has 1 aliphatic heterocycles. The van der Waals surface area contributed by atoms with E-state index in [1.807, 2.05) is 13.8 Å². The summed E-state index contributed by atoms with van der Waals surface area (Å²) in [5.41, 5.74) is -0.989. The number of esters is 1. The summed E-state index contributed by atoms with van der Waals surface area (Å²) < 4.78 is 15.6. The van der Waals surface area contributed by atoms with Gasteiger partial charge in [0.1, 0.15) is 11.6 Å². The van der Waals surface area contributed by atoms with E-state index in [0.717, 1.165) is 19.3 Å². The van der Waals surface area contributed by atoms with E-state index in [9.17, 15) is 14.4 Å². The van der Waals surface area contributed by atoms with Crippen molar-refractivity contribution in [3.8, 4) is 0 Å². The fourth-order valence-electron chi connectivity index (χ4n) is 3.58. The van der Waals surface area contributed by atoms with Crippen LogP contribution in [0.25, 0.3) is 0 Å². The van der Waals surface area contributed by atoms with Crippen molar-refractivity contribution in [1.82, 2.24) is 10.2 Å². The molecule has 2 aliphatic rings. The summed E-state index contributed by atoms with van der Waals surface area (Å²) in [5, 5.41) is 2.81. The number of hydrogen-bond donors (Lipinski definition) is 1. The zero-order valence-corrected chi connectivity index (χ0v) is 16.6. The minimum absolute atomic E-state index is 0.238. The van der Waals surface area contributed by atoms with Crippen LogP contribution in [0.3, 0.4) is 0 Å². The zero-order valence-electron chi connectivity index (χ0n) is 16.6. The van der Waals surface area contributed by atoms with Crippen molar-refractivity contribution in [2.75, 3.05) is 26.8 Å². The second-order valence-electron chi connectivity index (χ2n) is 7.82. The number of likely N-dealkylation sites (tertiary alicyclic amines) is 1. The number of nitrogens with zero attached hydrogens (tertiary/aromatic N) is 1. The molecule has 0 spiro atoms. The quantitative estimate of drug-likeness (QED) is 0.579. The molecule has 2 fully saturated rings. The fourth-order valence-corrected chi connectivity index (χ4v) is 3.58. The molecule has 2 amide bonds. The van der Waals surface area contributed by atoms with Gasteiger partial charge in [-0.15, -0.1) is 0 Å². The largest absolute Gasteiger partial charge is 0.464 e. The van der Waals surface area contributed by atoms with Crippen molar-refractivity contribution in [1.29, 1.82) is 0 Å². The van der Waals surface area contributed by atoms with Crippen LogP contribution >= 0.6 is 0 Å². The van der Waals surface area contributed by atoms with E-state index in [1.54, 1.807) is 4.90 Å². The Balaban J connectivity index is 1.88. The van der Waals surface area contributed by atoms with Crippen molar-refractivity contribution in [2.24, 2.45) is 5.92 Å². The normalized spacial score (nSPS) is 20.1. The molecule has 1 heterocycles. The summed E-state index contributed by atoms with van der Waals surface area (Å²) in [6, 6.07) is 0. The minimum Gasteiger partial charge on any atom is -0.464 e. The smallest absolute Gasteiger partial charge is 0.409 e. The monoisotopic (exact) mass is 384 g/mol. The summed E-state index contributed by atoms with van der Waals surface area (Å²) in [5.74, 6) is -0.130. The molecule has 1 saturated carbocycles. The van der Waals surface area contributed by atoms with Gasteiger partial charge in [0, 0.05) is 25.9 Å². The molecule has 0 bridgehead atoms. The lowest BCUT2D eigenvalue weighted by Gasteiger charge is -2.36. The SMILES string of the molecule is COC(=O)N1CCC(OC(=O)NC2(C(=O)OCC(C)C)CCCCC2)CC1. The van der Waals surface area contributed by atoms with Crippen LogP contribution in [0, 0.1) is 5.92 Å². The second-order valence-corrected chi connectivity index (χ2v) is 7.82. The van der Waals surface area contributed by atoms with Gasteiger partial charge in [-0.25, -0.2) is 14.4 Å². The van der Waals surface area contributed by atoms with E-state index in [1.165, 1.54) is 7.11 Å². The van der Waals surface area contributed by atoms with E-state index < -0.39 is 11.6 Å². The van der Waals surface area contributed by atoms with Gasteiger partial charge in [0.25, 0.3) is 0 Å². The standard InChI is InChI=1S/C19H32N2O6/c1-14(2)13-26-16(22)19(9-5-4-6-10-19)20-17(23)27-15-7-11-21(12-8-15)18(24)25-3/h14-15H,4-13H2,1-3H3,(H,20,23). The molecule has 0 aromatic carbocycles. The number of alkyl carbamates (subject to hydrolysis) is 1. The summed E-state index contributed by atoms with van der Waals surface area (Å²) in [4.78, 5) is 38.2. The first kappa shape index (κ1) is 21.3. The number of carbonyl (C=O) groups excluding carboxylic acids is 3. The van der Waals surface area contributed by atoms with Gasteiger partial charge in [-0.05, 0) is 18.8 Å². The first-order valence-corrected chi connectivity index (χ1v) is 9.85. The molecule has 0 aromatic rings. The lowest BCUT2D eigenvalue weighted by Crippen LogP contribution is -2.57. The molecule has 8 heteroatoms. The van der Waals surface area contributed by atoms with Gasteiger partial charge in [-0.1, -0.05) is 33.1 Å². The molecule has 0 radical (unpaired) electrons. The van der Waals surface area contributed by atoms with Crippen LogP contribution in [0.4, 0.5) is 9.59 Å². The van der Waals surface area contributed by atoms with E-state index in [4.69, 9.17) is 14.2 Å². The Bertz CT molecular complexity index is 522. The van der Waals surface area contributed by atoms with Crippen LogP contribution in [-0.4, -0.2) is 61.5 Å². The van der Waals surface area contributed by atoms with Crippen LogP contribution in [0.15, 0.2) is 0 Å². The Morgan fingerprint density at radius 2 is 1.74 bits per heavy atom. The number of ether oxygens (including phenoxy) is 3. The molecule has 0 unspecified atom stereocenters. The summed E-state index contributed by atoms with van der Waals surface area (Å²) >= 11 is 0. The Morgan fingerprint density at radius 3 is 2.30 bits per heavy atom. The number of nitrogens with one attached hydrogen (secondary N) is 1. The van der Waals surface area contributed by atoms with Gasteiger partial charge in [0.2, 0.25) is 0 Å². The van der Waals surface area contributed by atoms with Crippen LogP contribution in [0.1, 0.15) is 58.8 Å². The predicted octanol–water partition coefficient (Wildman–Crippen LogP) is 2.85. The number of hydrogen-bond acceptors (Lipinski definition) is 6. The molecule has 1 N–H and O–H groups in total. The van der Waals surface area contributed by atoms with Crippen molar-refractivity contribution < 1.29 is 28.6 Å². The highest BCUT2D eigenvalue weighted by atomic mass is 16.6. The highest BCUT2D eigenvalue weighted by molar-refractivity contribution is 5.86. The maximum Gasteiger partial charge on any atom is 0.409 e. The molecule has 1 saturated heterocycles. The van der Waals surface area contributed by atoms with E-state index in [0.29, 0.717) is 45.4 Å². The number of rotatable bonds is 5. The van der Waals surface area contributed by atoms with Crippen LogP contribution in [-0.2, 0) is 19.0 Å². The third-order valence-electron chi connectivity index (χ3n) is 5.14. The molecule has 0 atom stereocenters. The number of carbonyl (C=O) groups is 3. The van der Waals surface area contributed by atoms with Crippen molar-refractivity contribution in [3.63, 3.8) is 0 Å². The van der Waals surface area contributed by atoms with Crippen molar-refractivity contribution in [3.05, 3.63) is 0 Å². The Hall–Kier alpha value is -1.99. The molecule has 2 rings (SSSR count). The molecule has 0 aromatic heterocycles. The van der Waals surface area contributed by atoms with E-state index >= 15 is 0 Å². The Morgan fingerprint density at radius 1 is 1.11 bits per heavy atom. The second kappa shape index (κ2) is 9.80. The van der Waals surface area contributed by atoms with Crippen molar-refractivity contribution in [2.45, 2.75) is 70.4 Å². The topological polar surface area (TPSA) is 94.2 Å². The molecular formula is C19H32N2O6. The summed E-state index contributed by atoms with van der Waals surface area (Å²) in [6.07, 6.45) is 3.78. The summed E-state index contributed by atoms with van der Waals surface area (Å²) in [7, 11) is 1.35. The average molecular weight is 384 g/mol. The fraction of sp³-hybridized carbons (Fsp3) is 0.842. The minimum atomic E-state index is -0.989. The predicted molar refractivity (Wildman–Crippen MR) is 98.2 cm³/mol. The van der Waals surface area contributed by atoms with Gasteiger partial charge < -0.3 is 24.4 Å². The molecule has 154 valence electrons. The lowest BCUT2D eigenvalue weighted by molar-refractivity contribution is -0.154. The molecule has 1 aliphatic carbocycles. The molecule has 27 heavy (non-hydrogen) atoms. The summed E-state index contributed by atoms with van der Waals surface area (Å²) in [6.45, 7) is 5.24. The van der Waals surface area contributed by atoms with Crippen LogP contribution in [0.2, 0.25) is 0 Å². The number of piperidine rings is 1. The van der Waals surface area contributed by atoms with Gasteiger partial charge in [-0.3, -0.25) is 0 Å². The lowest BCUT2D eigenvalue weighted by atomic mass is 9.81. The Kier molecular flexibility index (Phi) is 7.74. The zero-order chi connectivity index (χ0) is 19.9. The van der Waals surface area contributed by atoms with Crippen LogP contribution in [0.5, 0.6) is 0 Å². The van der Waals surface area contributed by atoms with Crippen molar-refractivity contribution >= 4 is 18.2 Å². The highest BCUT2D eigenvalue weighted by Crippen LogP contribution is 2.30. The molecular weight excluding hydrogens is 352 g/mol. The van der Waals surface area contributed by atoms with E-state index in [-0.39, 0.29) is 24.1 Å². The Labute approximate surface area is 160 Å².